The smallest absolute Gasteiger partial charge is 0.192 e. The average Bonchev–Trinajstić information content (AvgIpc) is 2.20. The van der Waals surface area contributed by atoms with Gasteiger partial charge in [0, 0.05) is 6.07 Å². The fourth-order valence-corrected chi connectivity index (χ4v) is 1.29. The quantitative estimate of drug-likeness (QED) is 0.460. The molecular formula is C10H10BrF3O. The minimum Gasteiger partial charge on any atom is -0.488 e. The molecule has 0 saturated carbocycles. The molecule has 0 atom stereocenters. The summed E-state index contributed by atoms with van der Waals surface area (Å²) in [5.74, 6) is -3.57. The Morgan fingerprint density at radius 1 is 1.27 bits per heavy atom. The van der Waals surface area contributed by atoms with Gasteiger partial charge in [0.05, 0.1) is 11.1 Å². The minimum atomic E-state index is -1.04. The van der Waals surface area contributed by atoms with Crippen LogP contribution in [0.1, 0.15) is 19.8 Å². The first-order valence-electron chi connectivity index (χ1n) is 4.53. The zero-order valence-corrected chi connectivity index (χ0v) is 9.70. The van der Waals surface area contributed by atoms with Crippen LogP contribution in [0.4, 0.5) is 13.2 Å². The van der Waals surface area contributed by atoms with Crippen molar-refractivity contribution in [3.8, 4) is 5.75 Å². The molecule has 0 N–H and O–H groups in total. The highest BCUT2D eigenvalue weighted by Crippen LogP contribution is 2.30. The van der Waals surface area contributed by atoms with Crippen molar-refractivity contribution < 1.29 is 17.9 Å². The number of hydrogen-bond donors (Lipinski definition) is 0. The van der Waals surface area contributed by atoms with Crippen molar-refractivity contribution in [1.29, 1.82) is 0 Å². The molecule has 0 radical (unpaired) electrons. The van der Waals surface area contributed by atoms with E-state index >= 15 is 0 Å². The monoisotopic (exact) mass is 282 g/mol. The normalized spacial score (nSPS) is 10.5. The SMILES string of the molecule is CCCCOc1c(F)cc(F)c(Br)c1F. The lowest BCUT2D eigenvalue weighted by Gasteiger charge is -2.09. The zero-order valence-electron chi connectivity index (χ0n) is 8.12. The van der Waals surface area contributed by atoms with Gasteiger partial charge in [0.25, 0.3) is 0 Å². The maximum atomic E-state index is 13.3. The molecule has 15 heavy (non-hydrogen) atoms. The van der Waals surface area contributed by atoms with Crippen molar-refractivity contribution in [2.45, 2.75) is 19.8 Å². The molecule has 0 aliphatic carbocycles. The van der Waals surface area contributed by atoms with Crippen molar-refractivity contribution in [3.63, 3.8) is 0 Å². The summed E-state index contributed by atoms with van der Waals surface area (Å²) < 4.78 is 43.7. The van der Waals surface area contributed by atoms with Crippen molar-refractivity contribution in [2.24, 2.45) is 0 Å². The second-order valence-electron chi connectivity index (χ2n) is 3.00. The van der Waals surface area contributed by atoms with Gasteiger partial charge in [0.15, 0.2) is 17.4 Å². The van der Waals surface area contributed by atoms with E-state index in [1.54, 1.807) is 0 Å². The molecule has 0 spiro atoms. The third-order valence-electron chi connectivity index (χ3n) is 1.82. The van der Waals surface area contributed by atoms with Gasteiger partial charge in [0.2, 0.25) is 0 Å². The highest BCUT2D eigenvalue weighted by Gasteiger charge is 2.18. The van der Waals surface area contributed by atoms with Gasteiger partial charge in [-0.1, -0.05) is 13.3 Å². The molecule has 5 heteroatoms. The summed E-state index contributed by atoms with van der Waals surface area (Å²) in [5.41, 5.74) is 0. The highest BCUT2D eigenvalue weighted by atomic mass is 79.9. The molecule has 0 fully saturated rings. The largest absolute Gasteiger partial charge is 0.488 e. The van der Waals surface area contributed by atoms with E-state index in [2.05, 4.69) is 15.9 Å². The molecule has 0 heterocycles. The molecule has 1 rings (SSSR count). The van der Waals surface area contributed by atoms with E-state index in [1.807, 2.05) is 6.92 Å². The van der Waals surface area contributed by atoms with Crippen molar-refractivity contribution in [1.82, 2.24) is 0 Å². The number of hydrogen-bond acceptors (Lipinski definition) is 1. The molecular weight excluding hydrogens is 273 g/mol. The van der Waals surface area contributed by atoms with E-state index in [4.69, 9.17) is 4.74 Å². The van der Waals surface area contributed by atoms with Crippen molar-refractivity contribution in [3.05, 3.63) is 28.0 Å². The topological polar surface area (TPSA) is 9.23 Å². The van der Waals surface area contributed by atoms with Crippen LogP contribution in [0.15, 0.2) is 10.5 Å². The summed E-state index contributed by atoms with van der Waals surface area (Å²) in [7, 11) is 0. The predicted molar refractivity (Wildman–Crippen MR) is 54.4 cm³/mol. The molecule has 1 aromatic rings. The van der Waals surface area contributed by atoms with Crippen LogP contribution < -0.4 is 4.74 Å². The first-order chi connectivity index (χ1) is 7.07. The van der Waals surface area contributed by atoms with Gasteiger partial charge in [-0.2, -0.15) is 0 Å². The van der Waals surface area contributed by atoms with Crippen LogP contribution in [0.2, 0.25) is 0 Å². The number of benzene rings is 1. The molecule has 0 aromatic heterocycles. The Bertz CT molecular complexity index is 355. The maximum Gasteiger partial charge on any atom is 0.192 e. The molecule has 0 saturated heterocycles. The summed E-state index contributed by atoms with van der Waals surface area (Å²) in [6, 6.07) is 0.592. The lowest BCUT2D eigenvalue weighted by atomic mass is 10.3. The fourth-order valence-electron chi connectivity index (χ4n) is 1.00. The second kappa shape index (κ2) is 5.39. The third-order valence-corrected chi connectivity index (χ3v) is 2.54. The Morgan fingerprint density at radius 3 is 2.53 bits per heavy atom. The molecule has 0 aliphatic rings. The van der Waals surface area contributed by atoms with E-state index in [-0.39, 0.29) is 6.61 Å². The van der Waals surface area contributed by atoms with E-state index in [0.29, 0.717) is 12.5 Å². The van der Waals surface area contributed by atoms with Gasteiger partial charge in [0.1, 0.15) is 5.82 Å². The van der Waals surface area contributed by atoms with E-state index in [0.717, 1.165) is 6.42 Å². The molecule has 1 nitrogen and oxygen atoms in total. The Hall–Kier alpha value is -0.710. The number of rotatable bonds is 4. The van der Waals surface area contributed by atoms with Crippen LogP contribution in [0.25, 0.3) is 0 Å². The van der Waals surface area contributed by atoms with Crippen LogP contribution in [0.5, 0.6) is 5.75 Å². The van der Waals surface area contributed by atoms with Gasteiger partial charge >= 0.3 is 0 Å². The van der Waals surface area contributed by atoms with Crippen LogP contribution in [0.3, 0.4) is 0 Å². The van der Waals surface area contributed by atoms with E-state index in [9.17, 15) is 13.2 Å². The average molecular weight is 283 g/mol. The van der Waals surface area contributed by atoms with Crippen molar-refractivity contribution >= 4 is 15.9 Å². The van der Waals surface area contributed by atoms with Gasteiger partial charge in [-0.25, -0.2) is 13.2 Å². The van der Waals surface area contributed by atoms with Gasteiger partial charge in [-0.15, -0.1) is 0 Å². The first-order valence-corrected chi connectivity index (χ1v) is 5.33. The van der Waals surface area contributed by atoms with E-state index in [1.165, 1.54) is 0 Å². The predicted octanol–water partition coefficient (Wildman–Crippen LogP) is 4.05. The molecule has 0 bridgehead atoms. The molecule has 84 valence electrons. The summed E-state index contributed by atoms with van der Waals surface area (Å²) in [4.78, 5) is 0. The summed E-state index contributed by atoms with van der Waals surface area (Å²) in [5, 5.41) is 0. The minimum absolute atomic E-state index is 0.211. The lowest BCUT2D eigenvalue weighted by molar-refractivity contribution is 0.276. The van der Waals surface area contributed by atoms with Crippen LogP contribution in [-0.2, 0) is 0 Å². The third kappa shape index (κ3) is 2.87. The molecule has 0 aliphatic heterocycles. The number of unbranched alkanes of at least 4 members (excludes halogenated alkanes) is 1. The van der Waals surface area contributed by atoms with Crippen molar-refractivity contribution in [2.75, 3.05) is 6.61 Å². The highest BCUT2D eigenvalue weighted by molar-refractivity contribution is 9.10. The number of ether oxygens (including phenoxy) is 1. The molecule has 0 amide bonds. The van der Waals surface area contributed by atoms with Crippen LogP contribution in [-0.4, -0.2) is 6.61 Å². The summed E-state index contributed by atoms with van der Waals surface area (Å²) >= 11 is 2.68. The Kier molecular flexibility index (Phi) is 4.45. The van der Waals surface area contributed by atoms with Crippen LogP contribution >= 0.6 is 15.9 Å². The maximum absolute atomic E-state index is 13.3. The Labute approximate surface area is 94.4 Å². The number of halogens is 4. The van der Waals surface area contributed by atoms with Crippen LogP contribution in [0, 0.1) is 17.5 Å². The molecule has 0 unspecified atom stereocenters. The van der Waals surface area contributed by atoms with Gasteiger partial charge < -0.3 is 4.74 Å². The Morgan fingerprint density at radius 2 is 1.93 bits per heavy atom. The summed E-state index contributed by atoms with van der Waals surface area (Å²) in [6.07, 6.45) is 1.54. The second-order valence-corrected chi connectivity index (χ2v) is 3.79. The van der Waals surface area contributed by atoms with E-state index < -0.39 is 27.7 Å². The molecule has 1 aromatic carbocycles. The zero-order chi connectivity index (χ0) is 11.4. The lowest BCUT2D eigenvalue weighted by Crippen LogP contribution is -2.02. The fraction of sp³-hybridized carbons (Fsp3) is 0.400. The van der Waals surface area contributed by atoms with Gasteiger partial charge in [-0.3, -0.25) is 0 Å². The standard InChI is InChI=1S/C10H10BrF3O/c1-2-3-4-15-10-7(13)5-6(12)8(11)9(10)14/h5H,2-4H2,1H3. The van der Waals surface area contributed by atoms with Gasteiger partial charge in [-0.05, 0) is 22.4 Å². The Balaban J connectivity index is 2.92. The first kappa shape index (κ1) is 12.4. The summed E-state index contributed by atoms with van der Waals surface area (Å²) in [6.45, 7) is 2.14.